The summed E-state index contributed by atoms with van der Waals surface area (Å²) >= 11 is 0. The first-order chi connectivity index (χ1) is 21.0. The summed E-state index contributed by atoms with van der Waals surface area (Å²) in [4.78, 5) is 67.5. The van der Waals surface area contributed by atoms with Crippen LogP contribution in [0.1, 0.15) is 56.6 Å². The van der Waals surface area contributed by atoms with Crippen LogP contribution in [0.3, 0.4) is 0 Å². The SMILES string of the molecule is COC(=O)CC(NC(=O)[C@@H]1CCCN(C(=O)CCC2CCN(C(=O)O)CC2)C1)c1cncc(-c2ccc(F)c([N+](=O)[O-])c2)c1. The molecule has 0 saturated carbocycles. The molecule has 1 aromatic heterocycles. The molecular formula is C30H36FN5O8. The molecular weight excluding hydrogens is 577 g/mol. The largest absolute Gasteiger partial charge is 0.469 e. The van der Waals surface area contributed by atoms with Gasteiger partial charge in [-0.15, -0.1) is 0 Å². The van der Waals surface area contributed by atoms with Crippen molar-refractivity contribution in [1.29, 1.82) is 0 Å². The van der Waals surface area contributed by atoms with Crippen molar-refractivity contribution >= 4 is 29.6 Å². The van der Waals surface area contributed by atoms with Gasteiger partial charge in [-0.2, -0.15) is 4.39 Å². The Balaban J connectivity index is 1.41. The molecule has 2 atom stereocenters. The first-order valence-electron chi connectivity index (χ1n) is 14.6. The molecule has 3 amide bonds. The van der Waals surface area contributed by atoms with Crippen molar-refractivity contribution in [2.75, 3.05) is 33.3 Å². The number of carbonyl (C=O) groups excluding carboxylic acids is 3. The number of amides is 3. The fourth-order valence-electron chi connectivity index (χ4n) is 5.75. The predicted octanol–water partition coefficient (Wildman–Crippen LogP) is 3.93. The minimum Gasteiger partial charge on any atom is -0.469 e. The van der Waals surface area contributed by atoms with E-state index in [2.05, 4.69) is 10.3 Å². The van der Waals surface area contributed by atoms with Gasteiger partial charge in [0.25, 0.3) is 0 Å². The Morgan fingerprint density at radius 2 is 1.86 bits per heavy atom. The normalized spacial score (nSPS) is 17.9. The predicted molar refractivity (Wildman–Crippen MR) is 155 cm³/mol. The molecule has 0 radical (unpaired) electrons. The average Bonchev–Trinajstić information content (AvgIpc) is 3.03. The van der Waals surface area contributed by atoms with E-state index in [1.54, 1.807) is 11.0 Å². The third-order valence-corrected chi connectivity index (χ3v) is 8.35. The van der Waals surface area contributed by atoms with Crippen LogP contribution in [0.5, 0.6) is 0 Å². The van der Waals surface area contributed by atoms with E-state index < -0.39 is 40.5 Å². The number of halogens is 1. The van der Waals surface area contributed by atoms with E-state index in [4.69, 9.17) is 9.84 Å². The van der Waals surface area contributed by atoms with Gasteiger partial charge in [0.15, 0.2) is 0 Å². The Morgan fingerprint density at radius 1 is 1.11 bits per heavy atom. The number of methoxy groups -OCH3 is 1. The topological polar surface area (TPSA) is 172 Å². The van der Waals surface area contributed by atoms with Crippen LogP contribution in [0.4, 0.5) is 14.9 Å². The molecule has 2 saturated heterocycles. The van der Waals surface area contributed by atoms with E-state index >= 15 is 0 Å². The van der Waals surface area contributed by atoms with Crippen molar-refractivity contribution in [3.8, 4) is 11.1 Å². The van der Waals surface area contributed by atoms with Gasteiger partial charge in [-0.05, 0) is 61.3 Å². The Morgan fingerprint density at radius 3 is 2.55 bits per heavy atom. The summed E-state index contributed by atoms with van der Waals surface area (Å²) in [5.41, 5.74) is 0.528. The zero-order chi connectivity index (χ0) is 31.8. The highest BCUT2D eigenvalue weighted by Gasteiger charge is 2.31. The van der Waals surface area contributed by atoms with Gasteiger partial charge in [0, 0.05) is 56.6 Å². The second kappa shape index (κ2) is 14.7. The zero-order valence-corrected chi connectivity index (χ0v) is 24.4. The van der Waals surface area contributed by atoms with Crippen molar-refractivity contribution in [3.05, 3.63) is 58.2 Å². The van der Waals surface area contributed by atoms with Crippen LogP contribution >= 0.6 is 0 Å². The molecule has 0 bridgehead atoms. The summed E-state index contributed by atoms with van der Waals surface area (Å²) in [6, 6.07) is 4.25. The monoisotopic (exact) mass is 613 g/mol. The number of nitro groups is 1. The Labute approximate surface area is 253 Å². The van der Waals surface area contributed by atoms with Crippen molar-refractivity contribution in [2.24, 2.45) is 11.8 Å². The van der Waals surface area contributed by atoms with Gasteiger partial charge in [0.2, 0.25) is 17.6 Å². The van der Waals surface area contributed by atoms with Crippen LogP contribution in [0.2, 0.25) is 0 Å². The molecule has 2 fully saturated rings. The number of carboxylic acid groups (broad SMARTS) is 1. The van der Waals surface area contributed by atoms with Crippen LogP contribution in [-0.4, -0.2) is 82.0 Å². The molecule has 0 spiro atoms. The number of nitrogens with zero attached hydrogens (tertiary/aromatic N) is 4. The number of benzene rings is 1. The maximum atomic E-state index is 13.9. The molecule has 1 unspecified atom stereocenters. The summed E-state index contributed by atoms with van der Waals surface area (Å²) in [6.07, 6.45) is 5.43. The number of ether oxygens (including phenoxy) is 1. The molecule has 2 aliphatic rings. The number of pyridine rings is 1. The number of piperidine rings is 2. The number of rotatable bonds is 10. The summed E-state index contributed by atoms with van der Waals surface area (Å²) in [6.45, 7) is 1.72. The molecule has 2 aromatic rings. The molecule has 2 aliphatic heterocycles. The van der Waals surface area contributed by atoms with Crippen LogP contribution in [0, 0.1) is 27.8 Å². The standard InChI is InChI=1S/C30H36FN5O8/c1-44-28(38)15-25(23-13-22(16-32-17-23)20-5-6-24(31)26(14-20)36(42)43)33-29(39)21-3-2-10-35(18-21)27(37)7-4-19-8-11-34(12-9-19)30(40)41/h5-6,13-14,16-17,19,21,25H,2-4,7-12,15,18H2,1H3,(H,33,39)(H,40,41)/t21-,25?/m1/s1. The number of nitro benzene ring substituents is 1. The third-order valence-electron chi connectivity index (χ3n) is 8.35. The first kappa shape index (κ1) is 32.3. The van der Waals surface area contributed by atoms with Gasteiger partial charge in [-0.25, -0.2) is 4.79 Å². The number of aromatic nitrogens is 1. The van der Waals surface area contributed by atoms with Crippen LogP contribution in [0.15, 0.2) is 36.7 Å². The average molecular weight is 614 g/mol. The van der Waals surface area contributed by atoms with E-state index in [0.29, 0.717) is 62.0 Å². The maximum absolute atomic E-state index is 13.9. The second-order valence-corrected chi connectivity index (χ2v) is 11.2. The number of hydrogen-bond donors (Lipinski definition) is 2. The van der Waals surface area contributed by atoms with E-state index in [1.807, 2.05) is 0 Å². The van der Waals surface area contributed by atoms with Crippen molar-refractivity contribution < 1.29 is 38.3 Å². The van der Waals surface area contributed by atoms with E-state index in [-0.39, 0.29) is 30.7 Å². The summed E-state index contributed by atoms with van der Waals surface area (Å²) in [7, 11) is 1.23. The van der Waals surface area contributed by atoms with Gasteiger partial charge in [0.05, 0.1) is 30.4 Å². The highest BCUT2D eigenvalue weighted by Crippen LogP contribution is 2.29. The molecule has 0 aliphatic carbocycles. The summed E-state index contributed by atoms with van der Waals surface area (Å²) in [5.74, 6) is -2.14. The Hall–Kier alpha value is -4.62. The molecule has 2 N–H and O–H groups in total. The quantitative estimate of drug-likeness (QED) is 0.229. The maximum Gasteiger partial charge on any atom is 0.407 e. The lowest BCUT2D eigenvalue weighted by Crippen LogP contribution is -2.46. The van der Waals surface area contributed by atoms with Gasteiger partial charge in [0.1, 0.15) is 0 Å². The van der Waals surface area contributed by atoms with Gasteiger partial charge >= 0.3 is 17.7 Å². The summed E-state index contributed by atoms with van der Waals surface area (Å²) in [5, 5.41) is 23.2. The first-order valence-corrected chi connectivity index (χ1v) is 14.6. The molecule has 14 heteroatoms. The zero-order valence-electron chi connectivity index (χ0n) is 24.4. The number of nitrogens with one attached hydrogen (secondary N) is 1. The minimum atomic E-state index is -0.972. The molecule has 236 valence electrons. The van der Waals surface area contributed by atoms with E-state index in [0.717, 1.165) is 25.0 Å². The Kier molecular flexibility index (Phi) is 10.8. The number of hydrogen-bond acceptors (Lipinski definition) is 8. The smallest absolute Gasteiger partial charge is 0.407 e. The second-order valence-electron chi connectivity index (χ2n) is 11.2. The molecule has 44 heavy (non-hydrogen) atoms. The lowest BCUT2D eigenvalue weighted by Gasteiger charge is -2.34. The fourth-order valence-corrected chi connectivity index (χ4v) is 5.75. The third kappa shape index (κ3) is 8.26. The van der Waals surface area contributed by atoms with E-state index in [9.17, 15) is 33.7 Å². The molecule has 1 aromatic carbocycles. The highest BCUT2D eigenvalue weighted by atomic mass is 19.1. The summed E-state index contributed by atoms with van der Waals surface area (Å²) < 4.78 is 18.7. The lowest BCUT2D eigenvalue weighted by molar-refractivity contribution is -0.387. The number of likely N-dealkylation sites (tertiary alicyclic amines) is 2. The van der Waals surface area contributed by atoms with Gasteiger partial charge in [-0.1, -0.05) is 6.07 Å². The van der Waals surface area contributed by atoms with Crippen molar-refractivity contribution in [3.63, 3.8) is 0 Å². The van der Waals surface area contributed by atoms with Crippen LogP contribution in [-0.2, 0) is 19.1 Å². The number of carbonyl (C=O) groups is 4. The van der Waals surface area contributed by atoms with Crippen molar-refractivity contribution in [1.82, 2.24) is 20.1 Å². The van der Waals surface area contributed by atoms with Crippen LogP contribution < -0.4 is 5.32 Å². The van der Waals surface area contributed by atoms with Gasteiger partial charge in [-0.3, -0.25) is 29.5 Å². The van der Waals surface area contributed by atoms with Crippen molar-refractivity contribution in [2.45, 2.75) is 51.0 Å². The van der Waals surface area contributed by atoms with E-state index in [1.165, 1.54) is 30.5 Å². The minimum absolute atomic E-state index is 0.0421. The molecule has 3 heterocycles. The van der Waals surface area contributed by atoms with Crippen LogP contribution in [0.25, 0.3) is 11.1 Å². The highest BCUT2D eigenvalue weighted by molar-refractivity contribution is 5.82. The molecule has 13 nitrogen and oxygen atoms in total. The van der Waals surface area contributed by atoms with Gasteiger partial charge < -0.3 is 25.0 Å². The Bertz CT molecular complexity index is 1400. The number of esters is 1. The lowest BCUT2D eigenvalue weighted by atomic mass is 9.91. The molecule has 4 rings (SSSR count). The fraction of sp³-hybridized carbons (Fsp3) is 0.500.